The van der Waals surface area contributed by atoms with Gasteiger partial charge in [-0.2, -0.15) is 4.31 Å². The SMILES string of the molecule is Cc1cc(N)cc(S(=O)(=O)N2C[C@@H](O)[C@@H](O)C2)c1F. The van der Waals surface area contributed by atoms with Gasteiger partial charge in [-0.05, 0) is 24.6 Å². The normalized spacial score (nSPS) is 24.8. The molecule has 0 saturated carbocycles. The molecule has 1 heterocycles. The second-order valence-electron chi connectivity index (χ2n) is 4.61. The van der Waals surface area contributed by atoms with Crippen molar-refractivity contribution in [2.45, 2.75) is 24.0 Å². The summed E-state index contributed by atoms with van der Waals surface area (Å²) in [4.78, 5) is -0.536. The monoisotopic (exact) mass is 290 g/mol. The molecule has 4 N–H and O–H groups in total. The molecule has 1 aromatic rings. The molecule has 1 aliphatic heterocycles. The van der Waals surface area contributed by atoms with Gasteiger partial charge < -0.3 is 15.9 Å². The molecule has 2 rings (SSSR count). The minimum absolute atomic E-state index is 0.124. The number of rotatable bonds is 2. The molecule has 1 fully saturated rings. The largest absolute Gasteiger partial charge is 0.399 e. The van der Waals surface area contributed by atoms with E-state index in [2.05, 4.69) is 0 Å². The van der Waals surface area contributed by atoms with Gasteiger partial charge >= 0.3 is 0 Å². The maximum absolute atomic E-state index is 13.9. The van der Waals surface area contributed by atoms with Crippen LogP contribution in [0.1, 0.15) is 5.56 Å². The van der Waals surface area contributed by atoms with Crippen molar-refractivity contribution >= 4 is 15.7 Å². The van der Waals surface area contributed by atoms with Crippen molar-refractivity contribution in [2.24, 2.45) is 0 Å². The lowest BCUT2D eigenvalue weighted by Crippen LogP contribution is -2.30. The van der Waals surface area contributed by atoms with Crippen molar-refractivity contribution in [2.75, 3.05) is 18.8 Å². The first-order chi connectivity index (χ1) is 8.73. The Kier molecular flexibility index (Phi) is 3.52. The van der Waals surface area contributed by atoms with E-state index in [1.165, 1.54) is 13.0 Å². The second-order valence-corrected chi connectivity index (χ2v) is 6.51. The van der Waals surface area contributed by atoms with Gasteiger partial charge in [-0.1, -0.05) is 0 Å². The summed E-state index contributed by atoms with van der Waals surface area (Å²) in [5.41, 5.74) is 5.79. The average Bonchev–Trinajstić information content (AvgIpc) is 2.65. The molecule has 0 radical (unpaired) electrons. The zero-order chi connectivity index (χ0) is 14.4. The number of aliphatic hydroxyl groups excluding tert-OH is 2. The number of anilines is 1. The predicted molar refractivity (Wildman–Crippen MR) is 66.3 cm³/mol. The lowest BCUT2D eigenvalue weighted by Gasteiger charge is -2.17. The molecule has 0 bridgehead atoms. The first kappa shape index (κ1) is 14.2. The highest BCUT2D eigenvalue weighted by Crippen LogP contribution is 2.27. The molecule has 106 valence electrons. The Morgan fingerprint density at radius 1 is 1.32 bits per heavy atom. The number of hydrogen-bond acceptors (Lipinski definition) is 5. The molecular weight excluding hydrogens is 275 g/mol. The third-order valence-corrected chi connectivity index (χ3v) is 4.92. The van der Waals surface area contributed by atoms with Crippen LogP contribution in [-0.2, 0) is 10.0 Å². The van der Waals surface area contributed by atoms with Gasteiger partial charge in [0.2, 0.25) is 10.0 Å². The topological polar surface area (TPSA) is 104 Å². The van der Waals surface area contributed by atoms with E-state index in [4.69, 9.17) is 5.73 Å². The van der Waals surface area contributed by atoms with Crippen molar-refractivity contribution in [1.29, 1.82) is 0 Å². The Morgan fingerprint density at radius 3 is 2.37 bits per heavy atom. The van der Waals surface area contributed by atoms with Crippen LogP contribution in [0.3, 0.4) is 0 Å². The molecule has 0 amide bonds. The zero-order valence-corrected chi connectivity index (χ0v) is 11.1. The minimum Gasteiger partial charge on any atom is -0.399 e. The summed E-state index contributed by atoms with van der Waals surface area (Å²) in [5.74, 6) is -0.870. The highest BCUT2D eigenvalue weighted by molar-refractivity contribution is 7.89. The molecule has 0 aliphatic carbocycles. The van der Waals surface area contributed by atoms with E-state index in [-0.39, 0.29) is 24.3 Å². The second kappa shape index (κ2) is 4.71. The minimum atomic E-state index is -4.12. The first-order valence-electron chi connectivity index (χ1n) is 5.65. The van der Waals surface area contributed by atoms with Gasteiger partial charge in [0.15, 0.2) is 0 Å². The van der Waals surface area contributed by atoms with Gasteiger partial charge in [0.05, 0.1) is 12.2 Å². The van der Waals surface area contributed by atoms with Crippen LogP contribution >= 0.6 is 0 Å². The van der Waals surface area contributed by atoms with E-state index in [0.717, 1.165) is 10.4 Å². The van der Waals surface area contributed by atoms with E-state index in [9.17, 15) is 23.0 Å². The van der Waals surface area contributed by atoms with Crippen molar-refractivity contribution in [1.82, 2.24) is 4.31 Å². The van der Waals surface area contributed by atoms with Gasteiger partial charge in [-0.25, -0.2) is 12.8 Å². The van der Waals surface area contributed by atoms with E-state index in [1.54, 1.807) is 0 Å². The van der Waals surface area contributed by atoms with Crippen LogP contribution < -0.4 is 5.73 Å². The molecule has 1 saturated heterocycles. The molecule has 1 aromatic carbocycles. The molecule has 2 atom stereocenters. The fraction of sp³-hybridized carbons (Fsp3) is 0.455. The van der Waals surface area contributed by atoms with Crippen LogP contribution in [-0.4, -0.2) is 48.2 Å². The number of sulfonamides is 1. The number of benzene rings is 1. The molecule has 1 aliphatic rings. The number of aliphatic hydroxyl groups is 2. The number of nitrogens with zero attached hydrogens (tertiary/aromatic N) is 1. The van der Waals surface area contributed by atoms with Crippen molar-refractivity contribution in [3.8, 4) is 0 Å². The van der Waals surface area contributed by atoms with Gasteiger partial charge in [0.25, 0.3) is 0 Å². The molecule has 8 heteroatoms. The van der Waals surface area contributed by atoms with Crippen molar-refractivity contribution < 1.29 is 23.0 Å². The van der Waals surface area contributed by atoms with Crippen LogP contribution in [0.5, 0.6) is 0 Å². The first-order valence-corrected chi connectivity index (χ1v) is 7.09. The standard InChI is InChI=1S/C11H15FN2O4S/c1-6-2-7(13)3-10(11(6)12)19(17,18)14-4-8(15)9(16)5-14/h2-3,8-9,15-16H,4-5,13H2,1H3/t8-,9+. The molecule has 0 unspecified atom stereocenters. The van der Waals surface area contributed by atoms with E-state index in [0.29, 0.717) is 0 Å². The molecular formula is C11H15FN2O4S. The molecule has 0 spiro atoms. The maximum atomic E-state index is 13.9. The van der Waals surface area contributed by atoms with Crippen LogP contribution in [0.4, 0.5) is 10.1 Å². The van der Waals surface area contributed by atoms with Crippen LogP contribution in [0.25, 0.3) is 0 Å². The summed E-state index contributed by atoms with van der Waals surface area (Å²) in [6.45, 7) is 0.881. The number of β-amino-alcohol motifs (C(OH)–C–C–N with tert-alkyl or cyclic N) is 2. The number of hydrogen-bond donors (Lipinski definition) is 3. The van der Waals surface area contributed by atoms with Crippen molar-refractivity contribution in [3.05, 3.63) is 23.5 Å². The number of nitrogens with two attached hydrogens (primary N) is 1. The Bertz CT molecular complexity index is 595. The fourth-order valence-electron chi connectivity index (χ4n) is 2.02. The summed E-state index contributed by atoms with van der Waals surface area (Å²) in [5, 5.41) is 18.8. The van der Waals surface area contributed by atoms with Gasteiger partial charge in [0, 0.05) is 18.8 Å². The summed E-state index contributed by atoms with van der Waals surface area (Å²) < 4.78 is 39.3. The maximum Gasteiger partial charge on any atom is 0.246 e. The smallest absolute Gasteiger partial charge is 0.246 e. The summed E-state index contributed by atoms with van der Waals surface area (Å²) in [7, 11) is -4.12. The van der Waals surface area contributed by atoms with Crippen LogP contribution in [0.15, 0.2) is 17.0 Å². The zero-order valence-electron chi connectivity index (χ0n) is 10.2. The number of nitrogen functional groups attached to an aromatic ring is 1. The lowest BCUT2D eigenvalue weighted by molar-refractivity contribution is 0.0572. The van der Waals surface area contributed by atoms with Gasteiger partial charge in [-0.3, -0.25) is 0 Å². The summed E-state index contributed by atoms with van der Waals surface area (Å²) in [6, 6.07) is 2.37. The van der Waals surface area contributed by atoms with Crippen molar-refractivity contribution in [3.63, 3.8) is 0 Å². The Balaban J connectivity index is 2.46. The number of aryl methyl sites for hydroxylation is 1. The quantitative estimate of drug-likeness (QED) is 0.634. The Hall–Kier alpha value is -1.22. The third kappa shape index (κ3) is 2.44. The van der Waals surface area contributed by atoms with E-state index < -0.39 is 32.9 Å². The fourth-order valence-corrected chi connectivity index (χ4v) is 3.67. The summed E-state index contributed by atoms with van der Waals surface area (Å²) >= 11 is 0. The Labute approximate surface area is 110 Å². The molecule has 19 heavy (non-hydrogen) atoms. The lowest BCUT2D eigenvalue weighted by atomic mass is 10.2. The predicted octanol–water partition coefficient (Wildman–Crippen LogP) is -0.558. The highest BCUT2D eigenvalue weighted by Gasteiger charge is 2.38. The van der Waals surface area contributed by atoms with Gasteiger partial charge in [-0.15, -0.1) is 0 Å². The van der Waals surface area contributed by atoms with Crippen LogP contribution in [0, 0.1) is 12.7 Å². The molecule has 6 nitrogen and oxygen atoms in total. The van der Waals surface area contributed by atoms with E-state index >= 15 is 0 Å². The van der Waals surface area contributed by atoms with Crippen LogP contribution in [0.2, 0.25) is 0 Å². The van der Waals surface area contributed by atoms with E-state index in [1.807, 2.05) is 0 Å². The van der Waals surface area contributed by atoms with Gasteiger partial charge in [0.1, 0.15) is 10.7 Å². The molecule has 0 aromatic heterocycles. The average molecular weight is 290 g/mol. The highest BCUT2D eigenvalue weighted by atomic mass is 32.2. The third-order valence-electron chi connectivity index (χ3n) is 3.09. The number of halogens is 1. The summed E-state index contributed by atoms with van der Waals surface area (Å²) in [6.07, 6.45) is -2.33. The Morgan fingerprint density at radius 2 is 1.84 bits per heavy atom.